The molecule has 0 aliphatic heterocycles. The lowest BCUT2D eigenvalue weighted by atomic mass is 9.93. The van der Waals surface area contributed by atoms with E-state index >= 15 is 0 Å². The molecule has 1 unspecified atom stereocenters. The number of nitrogens with two attached hydrogens (primary N) is 2. The van der Waals surface area contributed by atoms with Gasteiger partial charge in [-0.15, -0.1) is 0 Å². The molecular weight excluding hydrogens is 668 g/mol. The number of benzene rings is 3. The smallest absolute Gasteiger partial charge is 0.408 e. The van der Waals surface area contributed by atoms with E-state index in [9.17, 15) is 33.6 Å². The maximum absolute atomic E-state index is 13.6. The number of Topliss-reactive ketones (excluding diaryl/α,β-unsaturated/α-hetero) is 1. The van der Waals surface area contributed by atoms with Gasteiger partial charge in [0, 0.05) is 6.42 Å². The van der Waals surface area contributed by atoms with Crippen LogP contribution in [0.3, 0.4) is 0 Å². The predicted molar refractivity (Wildman–Crippen MR) is 194 cm³/mol. The van der Waals surface area contributed by atoms with Crippen molar-refractivity contribution < 1.29 is 38.3 Å². The average molecular weight is 717 g/mol. The lowest BCUT2D eigenvalue weighted by molar-refractivity contribution is -0.143. The number of carbonyl (C=O) groups is 7. The van der Waals surface area contributed by atoms with Gasteiger partial charge in [0.25, 0.3) is 5.91 Å². The normalized spacial score (nSPS) is 13.9. The average Bonchev–Trinajstić information content (AvgIpc) is 3.11. The number of alkyl carbamates (subject to hydrolysis) is 1. The second kappa shape index (κ2) is 19.6. The van der Waals surface area contributed by atoms with Crippen LogP contribution in [0.25, 0.3) is 10.8 Å². The number of fused-ring (bicyclic) bond motifs is 1. The molecule has 0 saturated heterocycles. The molecular formula is C38H48N6O8. The molecule has 6 amide bonds. The van der Waals surface area contributed by atoms with Crippen LogP contribution in [0, 0.1) is 11.8 Å². The third kappa shape index (κ3) is 12.5. The molecule has 0 aliphatic rings. The first-order valence-corrected chi connectivity index (χ1v) is 17.2. The van der Waals surface area contributed by atoms with E-state index in [4.69, 9.17) is 16.2 Å². The van der Waals surface area contributed by atoms with E-state index in [2.05, 4.69) is 21.3 Å². The standard InChI is InChI=1S/C38H48N6O8/c1-5-23(4)32(44-36(49)29(17-22(2)3)43-38(51)52-21-24-11-7-6-8-12-24)33(46)37(50)42-30(20-31(39)45)35(48)41-28(34(40)47)19-25-15-16-26-13-9-10-14-27(26)18-25/h6-16,18,22-23,28-30,32H,5,17,19-21H2,1-4H3,(H2,39,45)(H2,40,47)(H,41,48)(H,42,50)(H,43,51)(H,44,49)/t23-,28-,29-,30-,32?/m0/s1. The summed E-state index contributed by atoms with van der Waals surface area (Å²) in [5.41, 5.74) is 12.4. The van der Waals surface area contributed by atoms with Crippen LogP contribution in [-0.4, -0.2) is 65.6 Å². The van der Waals surface area contributed by atoms with E-state index in [1.807, 2.05) is 56.3 Å². The van der Waals surface area contributed by atoms with Crippen LogP contribution in [0.15, 0.2) is 72.8 Å². The van der Waals surface area contributed by atoms with Crippen molar-refractivity contribution in [3.8, 4) is 0 Å². The molecule has 0 heterocycles. The molecule has 3 aromatic carbocycles. The predicted octanol–water partition coefficient (Wildman–Crippen LogP) is 2.15. The Balaban J connectivity index is 1.72. The summed E-state index contributed by atoms with van der Waals surface area (Å²) in [4.78, 5) is 90.7. The van der Waals surface area contributed by atoms with Crippen molar-refractivity contribution in [1.82, 2.24) is 21.3 Å². The summed E-state index contributed by atoms with van der Waals surface area (Å²) in [5, 5.41) is 11.7. The fraction of sp³-hybridized carbons (Fsp3) is 0.395. The first-order valence-electron chi connectivity index (χ1n) is 17.2. The number of hydrogen-bond acceptors (Lipinski definition) is 8. The highest BCUT2D eigenvalue weighted by atomic mass is 16.5. The molecule has 8 N–H and O–H groups in total. The fourth-order valence-corrected chi connectivity index (χ4v) is 5.44. The molecule has 0 bridgehead atoms. The Bertz CT molecular complexity index is 1750. The first kappa shape index (κ1) is 40.6. The van der Waals surface area contributed by atoms with Crippen molar-refractivity contribution in [2.24, 2.45) is 23.3 Å². The largest absolute Gasteiger partial charge is 0.445 e. The van der Waals surface area contributed by atoms with Crippen molar-refractivity contribution in [3.63, 3.8) is 0 Å². The van der Waals surface area contributed by atoms with Crippen molar-refractivity contribution in [2.45, 2.75) is 84.2 Å². The topological polar surface area (TPSA) is 229 Å². The van der Waals surface area contributed by atoms with Crippen LogP contribution >= 0.6 is 0 Å². The lowest BCUT2D eigenvalue weighted by Gasteiger charge is -2.27. The van der Waals surface area contributed by atoms with Crippen LogP contribution in [0.2, 0.25) is 0 Å². The molecule has 0 aliphatic carbocycles. The van der Waals surface area contributed by atoms with E-state index in [1.165, 1.54) is 0 Å². The minimum atomic E-state index is -1.64. The van der Waals surface area contributed by atoms with Gasteiger partial charge in [-0.2, -0.15) is 0 Å². The van der Waals surface area contributed by atoms with E-state index in [-0.39, 0.29) is 25.4 Å². The molecule has 3 rings (SSSR count). The van der Waals surface area contributed by atoms with Crippen LogP contribution < -0.4 is 32.7 Å². The molecule has 0 fully saturated rings. The SMILES string of the molecule is CC[C@H](C)C(NC(=O)[C@H](CC(C)C)NC(=O)OCc1ccccc1)C(=O)C(=O)N[C@@H](CC(N)=O)C(=O)N[C@@H](Cc1ccc2ccccc2c1)C(N)=O. The first-order chi connectivity index (χ1) is 24.7. The number of hydrogen-bond donors (Lipinski definition) is 6. The molecule has 14 nitrogen and oxygen atoms in total. The summed E-state index contributed by atoms with van der Waals surface area (Å²) in [5.74, 6) is -6.50. The molecule has 0 spiro atoms. The third-order valence-electron chi connectivity index (χ3n) is 8.49. The molecule has 278 valence electrons. The van der Waals surface area contributed by atoms with Crippen molar-refractivity contribution in [1.29, 1.82) is 0 Å². The van der Waals surface area contributed by atoms with Gasteiger partial charge in [0.1, 0.15) is 24.7 Å². The number of nitrogens with one attached hydrogen (secondary N) is 4. The molecule has 5 atom stereocenters. The summed E-state index contributed by atoms with van der Waals surface area (Å²) in [7, 11) is 0. The van der Waals surface area contributed by atoms with E-state index in [0.717, 1.165) is 16.3 Å². The van der Waals surface area contributed by atoms with Crippen molar-refractivity contribution >= 4 is 52.2 Å². The number of amides is 6. The van der Waals surface area contributed by atoms with Gasteiger partial charge in [0.15, 0.2) is 0 Å². The second-order valence-electron chi connectivity index (χ2n) is 13.2. The van der Waals surface area contributed by atoms with Gasteiger partial charge in [-0.25, -0.2) is 4.79 Å². The zero-order chi connectivity index (χ0) is 38.4. The highest BCUT2D eigenvalue weighted by Crippen LogP contribution is 2.17. The molecule has 14 heteroatoms. The maximum Gasteiger partial charge on any atom is 0.408 e. The number of ether oxygens (including phenoxy) is 1. The quantitative estimate of drug-likeness (QED) is 0.101. The lowest BCUT2D eigenvalue weighted by Crippen LogP contribution is -2.59. The monoisotopic (exact) mass is 716 g/mol. The number of carbonyl (C=O) groups excluding carboxylic acids is 7. The Kier molecular flexibility index (Phi) is 15.3. The Labute approximate surface area is 302 Å². The van der Waals surface area contributed by atoms with Crippen LogP contribution in [-0.2, 0) is 46.5 Å². The zero-order valence-electron chi connectivity index (χ0n) is 29.8. The van der Waals surface area contributed by atoms with Gasteiger partial charge in [0.05, 0.1) is 12.5 Å². The Morgan fingerprint density at radius 1 is 0.692 bits per heavy atom. The summed E-state index contributed by atoms with van der Waals surface area (Å²) in [6.07, 6.45) is -0.968. The number of primary amides is 2. The van der Waals surface area contributed by atoms with Gasteiger partial charge >= 0.3 is 6.09 Å². The summed E-state index contributed by atoms with van der Waals surface area (Å²) in [6, 6.07) is 16.7. The molecule has 0 aromatic heterocycles. The van der Waals surface area contributed by atoms with E-state index < -0.39 is 77.9 Å². The summed E-state index contributed by atoms with van der Waals surface area (Å²) < 4.78 is 5.27. The molecule has 3 aromatic rings. The molecule has 52 heavy (non-hydrogen) atoms. The summed E-state index contributed by atoms with van der Waals surface area (Å²) >= 11 is 0. The van der Waals surface area contributed by atoms with Gasteiger partial charge in [-0.1, -0.05) is 107 Å². The number of rotatable bonds is 19. The highest BCUT2D eigenvalue weighted by molar-refractivity contribution is 6.39. The highest BCUT2D eigenvalue weighted by Gasteiger charge is 2.36. The maximum atomic E-state index is 13.6. The van der Waals surface area contributed by atoms with Gasteiger partial charge in [0.2, 0.25) is 29.4 Å². The minimum Gasteiger partial charge on any atom is -0.445 e. The number of ketones is 1. The van der Waals surface area contributed by atoms with Gasteiger partial charge in [-0.3, -0.25) is 28.8 Å². The minimum absolute atomic E-state index is 0.00950. The fourth-order valence-electron chi connectivity index (χ4n) is 5.44. The van der Waals surface area contributed by atoms with Crippen LogP contribution in [0.4, 0.5) is 4.79 Å². The Morgan fingerprint density at radius 2 is 1.33 bits per heavy atom. The third-order valence-corrected chi connectivity index (χ3v) is 8.49. The van der Waals surface area contributed by atoms with Crippen molar-refractivity contribution in [2.75, 3.05) is 0 Å². The van der Waals surface area contributed by atoms with E-state index in [1.54, 1.807) is 44.2 Å². The van der Waals surface area contributed by atoms with Crippen LogP contribution in [0.1, 0.15) is 58.1 Å². The van der Waals surface area contributed by atoms with E-state index in [0.29, 0.717) is 12.0 Å². The molecule has 0 radical (unpaired) electrons. The second-order valence-corrected chi connectivity index (χ2v) is 13.2. The molecule has 0 saturated carbocycles. The van der Waals surface area contributed by atoms with Crippen LogP contribution in [0.5, 0.6) is 0 Å². The van der Waals surface area contributed by atoms with Gasteiger partial charge in [-0.05, 0) is 40.2 Å². The summed E-state index contributed by atoms with van der Waals surface area (Å²) in [6.45, 7) is 7.06. The Hall–Kier alpha value is -5.79. The Morgan fingerprint density at radius 3 is 1.94 bits per heavy atom. The van der Waals surface area contributed by atoms with Gasteiger partial charge < -0.3 is 37.5 Å². The zero-order valence-corrected chi connectivity index (χ0v) is 29.8. The van der Waals surface area contributed by atoms with Crippen molar-refractivity contribution in [3.05, 3.63) is 83.9 Å².